The maximum atomic E-state index is 6.35. The lowest BCUT2D eigenvalue weighted by atomic mass is 9.86. The summed E-state index contributed by atoms with van der Waals surface area (Å²) in [7, 11) is 2.08. The minimum atomic E-state index is 0.499. The molecule has 3 aromatic rings. The number of pyridine rings is 1. The van der Waals surface area contributed by atoms with Crippen LogP contribution in [0.5, 0.6) is 5.75 Å². The second kappa shape index (κ2) is 8.56. The van der Waals surface area contributed by atoms with Crippen LogP contribution in [0.1, 0.15) is 49.4 Å². The highest BCUT2D eigenvalue weighted by molar-refractivity contribution is 6.30. The number of hydrogen-bond acceptors (Lipinski definition) is 4. The molecule has 5 nitrogen and oxygen atoms in total. The van der Waals surface area contributed by atoms with E-state index in [1.807, 2.05) is 12.1 Å². The topological polar surface area (TPSA) is 43.2 Å². The van der Waals surface area contributed by atoms with Crippen molar-refractivity contribution in [2.75, 3.05) is 19.7 Å². The molecule has 2 aromatic heterocycles. The minimum absolute atomic E-state index is 0.499. The van der Waals surface area contributed by atoms with Gasteiger partial charge in [-0.25, -0.2) is 9.97 Å². The van der Waals surface area contributed by atoms with Crippen molar-refractivity contribution in [2.45, 2.75) is 44.6 Å². The fraction of sp³-hybridized carbons (Fsp3) is 0.500. The first-order valence-corrected chi connectivity index (χ1v) is 11.5. The Bertz CT molecular complexity index is 1020. The van der Waals surface area contributed by atoms with Gasteiger partial charge in [0.2, 0.25) is 0 Å². The number of fused-ring (bicyclic) bond motifs is 1. The van der Waals surface area contributed by atoms with E-state index in [2.05, 4.69) is 39.7 Å². The predicted molar refractivity (Wildman–Crippen MR) is 120 cm³/mol. The number of piperidine rings is 1. The molecule has 158 valence electrons. The molecule has 1 saturated heterocycles. The van der Waals surface area contributed by atoms with Crippen molar-refractivity contribution in [2.24, 2.45) is 13.0 Å². The number of nitrogens with zero attached hydrogens (tertiary/aromatic N) is 4. The van der Waals surface area contributed by atoms with Crippen LogP contribution in [0.3, 0.4) is 0 Å². The number of halogens is 1. The van der Waals surface area contributed by atoms with Gasteiger partial charge in [-0.3, -0.25) is 4.90 Å². The van der Waals surface area contributed by atoms with Crippen LogP contribution < -0.4 is 4.74 Å². The number of ether oxygens (including phenoxy) is 1. The van der Waals surface area contributed by atoms with E-state index in [-0.39, 0.29) is 0 Å². The van der Waals surface area contributed by atoms with E-state index in [4.69, 9.17) is 21.3 Å². The summed E-state index contributed by atoms with van der Waals surface area (Å²) in [6.45, 7) is 3.81. The Kier molecular flexibility index (Phi) is 5.66. The van der Waals surface area contributed by atoms with Gasteiger partial charge >= 0.3 is 0 Å². The zero-order valence-corrected chi connectivity index (χ0v) is 18.3. The molecule has 6 heteroatoms. The van der Waals surface area contributed by atoms with Crippen molar-refractivity contribution in [3.63, 3.8) is 0 Å². The molecule has 0 spiro atoms. The molecule has 1 aliphatic carbocycles. The molecule has 0 N–H and O–H groups in total. The maximum absolute atomic E-state index is 6.35. The van der Waals surface area contributed by atoms with Gasteiger partial charge < -0.3 is 9.30 Å². The molecule has 1 aromatic carbocycles. The molecule has 0 unspecified atom stereocenters. The number of likely N-dealkylation sites (tertiary alicyclic amines) is 1. The molecular formula is C24H29ClN4O. The van der Waals surface area contributed by atoms with E-state index in [0.717, 1.165) is 72.8 Å². The van der Waals surface area contributed by atoms with Gasteiger partial charge in [0.15, 0.2) is 5.65 Å². The van der Waals surface area contributed by atoms with Crippen LogP contribution in [0.2, 0.25) is 5.02 Å². The van der Waals surface area contributed by atoms with Crippen molar-refractivity contribution in [3.8, 4) is 5.75 Å². The molecule has 2 fully saturated rings. The highest BCUT2D eigenvalue weighted by Gasteiger charge is 2.25. The smallest absolute Gasteiger partial charge is 0.177 e. The Balaban J connectivity index is 1.24. The fourth-order valence-electron chi connectivity index (χ4n) is 4.65. The Morgan fingerprint density at radius 2 is 1.97 bits per heavy atom. The monoisotopic (exact) mass is 424 g/mol. The number of benzene rings is 1. The summed E-state index contributed by atoms with van der Waals surface area (Å²) in [5.74, 6) is 3.34. The fourth-order valence-corrected chi connectivity index (χ4v) is 4.83. The number of aryl methyl sites for hydroxylation is 1. The van der Waals surface area contributed by atoms with Gasteiger partial charge in [0.05, 0.1) is 18.7 Å². The van der Waals surface area contributed by atoms with Crippen LogP contribution in [-0.2, 0) is 13.6 Å². The Hall–Kier alpha value is -2.11. The predicted octanol–water partition coefficient (Wildman–Crippen LogP) is 5.18. The molecular weight excluding hydrogens is 396 g/mol. The maximum Gasteiger partial charge on any atom is 0.177 e. The third-order valence-electron chi connectivity index (χ3n) is 6.81. The van der Waals surface area contributed by atoms with Crippen molar-refractivity contribution < 1.29 is 4.74 Å². The van der Waals surface area contributed by atoms with E-state index in [9.17, 15) is 0 Å². The second-order valence-electron chi connectivity index (χ2n) is 8.77. The van der Waals surface area contributed by atoms with Gasteiger partial charge in [-0.1, -0.05) is 18.0 Å². The first-order chi connectivity index (χ1) is 14.7. The van der Waals surface area contributed by atoms with E-state index >= 15 is 0 Å². The third kappa shape index (κ3) is 4.06. The van der Waals surface area contributed by atoms with Gasteiger partial charge in [0.1, 0.15) is 11.6 Å². The summed E-state index contributed by atoms with van der Waals surface area (Å²) < 4.78 is 8.39. The minimum Gasteiger partial charge on any atom is -0.493 e. The summed E-state index contributed by atoms with van der Waals surface area (Å²) in [6, 6.07) is 10.2. The van der Waals surface area contributed by atoms with Crippen LogP contribution in [0, 0.1) is 5.92 Å². The van der Waals surface area contributed by atoms with Crippen molar-refractivity contribution in [3.05, 3.63) is 52.9 Å². The van der Waals surface area contributed by atoms with Gasteiger partial charge in [-0.2, -0.15) is 0 Å². The van der Waals surface area contributed by atoms with E-state index in [1.54, 1.807) is 6.20 Å². The van der Waals surface area contributed by atoms with Crippen LogP contribution in [0.25, 0.3) is 11.2 Å². The molecule has 1 aliphatic heterocycles. The zero-order valence-electron chi connectivity index (χ0n) is 17.6. The van der Waals surface area contributed by atoms with Crippen LogP contribution in [-0.4, -0.2) is 39.1 Å². The molecule has 3 heterocycles. The molecule has 1 saturated carbocycles. The number of rotatable bonds is 6. The Morgan fingerprint density at radius 3 is 2.70 bits per heavy atom. The summed E-state index contributed by atoms with van der Waals surface area (Å²) in [5, 5.41) is 0.802. The third-order valence-corrected chi connectivity index (χ3v) is 7.05. The normalized spacial score (nSPS) is 18.6. The SMILES string of the molecule is Cn1c(CN2CCC(c3cc(Cl)ccc3OCC3CCC3)CC2)nc2ncccc21. The second-order valence-corrected chi connectivity index (χ2v) is 9.21. The summed E-state index contributed by atoms with van der Waals surface area (Å²) in [4.78, 5) is 11.6. The number of hydrogen-bond donors (Lipinski definition) is 0. The van der Waals surface area contributed by atoms with Gasteiger partial charge in [-0.05, 0) is 86.5 Å². The highest BCUT2D eigenvalue weighted by Crippen LogP contribution is 2.37. The van der Waals surface area contributed by atoms with Crippen molar-refractivity contribution in [1.29, 1.82) is 0 Å². The zero-order chi connectivity index (χ0) is 20.5. The molecule has 0 atom stereocenters. The van der Waals surface area contributed by atoms with Crippen molar-refractivity contribution >= 4 is 22.8 Å². The highest BCUT2D eigenvalue weighted by atomic mass is 35.5. The van der Waals surface area contributed by atoms with Crippen LogP contribution in [0.4, 0.5) is 0 Å². The molecule has 30 heavy (non-hydrogen) atoms. The summed E-state index contributed by atoms with van der Waals surface area (Å²) in [5.41, 5.74) is 3.21. The lowest BCUT2D eigenvalue weighted by molar-refractivity contribution is 0.173. The molecule has 0 radical (unpaired) electrons. The van der Waals surface area contributed by atoms with Crippen LogP contribution >= 0.6 is 11.6 Å². The largest absolute Gasteiger partial charge is 0.493 e. The van der Waals surface area contributed by atoms with Gasteiger partial charge in [0, 0.05) is 18.3 Å². The quantitative estimate of drug-likeness (QED) is 0.546. The molecule has 5 rings (SSSR count). The first kappa shape index (κ1) is 19.8. The average Bonchev–Trinajstić information content (AvgIpc) is 3.04. The lowest BCUT2D eigenvalue weighted by Gasteiger charge is -2.33. The van der Waals surface area contributed by atoms with Gasteiger partial charge in [-0.15, -0.1) is 0 Å². The molecule has 0 amide bonds. The van der Waals surface area contributed by atoms with Gasteiger partial charge in [0.25, 0.3) is 0 Å². The average molecular weight is 425 g/mol. The molecule has 2 aliphatic rings. The van der Waals surface area contributed by atoms with E-state index < -0.39 is 0 Å². The Morgan fingerprint density at radius 1 is 1.13 bits per heavy atom. The van der Waals surface area contributed by atoms with Crippen molar-refractivity contribution in [1.82, 2.24) is 19.4 Å². The van der Waals surface area contributed by atoms with Crippen LogP contribution in [0.15, 0.2) is 36.5 Å². The van der Waals surface area contributed by atoms with E-state index in [1.165, 1.54) is 24.8 Å². The standard InChI is InChI=1S/C24H29ClN4O/c1-28-21-6-3-11-26-24(21)27-23(28)15-29-12-9-18(10-13-29)20-14-19(25)7-8-22(20)30-16-17-4-2-5-17/h3,6-8,11,14,17-18H,2,4-5,9-10,12-13,15-16H2,1H3. The Labute approximate surface area is 183 Å². The number of imidazole rings is 1. The first-order valence-electron chi connectivity index (χ1n) is 11.1. The summed E-state index contributed by atoms with van der Waals surface area (Å²) >= 11 is 6.35. The van der Waals surface area contributed by atoms with E-state index in [0.29, 0.717) is 5.92 Å². The lowest BCUT2D eigenvalue weighted by Crippen LogP contribution is -2.33. The summed E-state index contributed by atoms with van der Waals surface area (Å²) in [6.07, 6.45) is 7.99. The molecule has 0 bridgehead atoms. The number of aromatic nitrogens is 3.